The molecule has 0 aliphatic carbocycles. The summed E-state index contributed by atoms with van der Waals surface area (Å²) in [6.07, 6.45) is 52.2. The molecule has 0 aromatic rings. The van der Waals surface area contributed by atoms with Gasteiger partial charge in [-0.15, -0.1) is 0 Å². The van der Waals surface area contributed by atoms with E-state index in [4.69, 9.17) is 19.3 Å². The molecule has 0 saturated carbocycles. The zero-order valence-corrected chi connectivity index (χ0v) is 36.0. The van der Waals surface area contributed by atoms with Gasteiger partial charge in [0.25, 0.3) is 0 Å². The summed E-state index contributed by atoms with van der Waals surface area (Å²) in [5.41, 5.74) is 0. The lowest BCUT2D eigenvalue weighted by molar-refractivity contribution is -0.161. The first kappa shape index (κ1) is 52.8. The normalized spacial score (nSPS) is 13.0. The molecule has 0 aliphatic rings. The fraction of sp³-hybridized carbons (Fsp3) is 0.739. The number of hydrogen-bond acceptors (Lipinski definition) is 6. The van der Waals surface area contributed by atoms with Gasteiger partial charge in [-0.2, -0.15) is 0 Å². The first-order chi connectivity index (χ1) is 26.8. The van der Waals surface area contributed by atoms with Crippen molar-refractivity contribution in [1.82, 2.24) is 0 Å². The molecule has 2 N–H and O–H groups in total. The Morgan fingerprint density at radius 1 is 0.491 bits per heavy atom. The Balaban J connectivity index is 3.92. The summed E-state index contributed by atoms with van der Waals surface area (Å²) >= 11 is 0. The highest BCUT2D eigenvalue weighted by Crippen LogP contribution is 2.36. The van der Waals surface area contributed by atoms with Crippen LogP contribution in [0.3, 0.4) is 0 Å². The lowest BCUT2D eigenvalue weighted by Gasteiger charge is -2.18. The van der Waals surface area contributed by atoms with Crippen molar-refractivity contribution in [3.05, 3.63) is 60.8 Å². The van der Waals surface area contributed by atoms with Gasteiger partial charge in [0.2, 0.25) is 0 Å². The average Bonchev–Trinajstić information content (AvgIpc) is 3.16. The van der Waals surface area contributed by atoms with Crippen molar-refractivity contribution in [3.63, 3.8) is 0 Å². The highest BCUT2D eigenvalue weighted by atomic mass is 31.2. The van der Waals surface area contributed by atoms with Gasteiger partial charge in [-0.25, -0.2) is 4.57 Å². The summed E-state index contributed by atoms with van der Waals surface area (Å²) < 4.78 is 26.4. The molecular formula is C46H81O8P. The summed E-state index contributed by atoms with van der Waals surface area (Å²) in [7, 11) is -4.76. The van der Waals surface area contributed by atoms with E-state index in [0.717, 1.165) is 83.5 Å². The molecule has 1 unspecified atom stereocenters. The molecule has 0 fully saturated rings. The Labute approximate surface area is 337 Å². The van der Waals surface area contributed by atoms with Gasteiger partial charge in [0.1, 0.15) is 6.61 Å². The quantitative estimate of drug-likeness (QED) is 0.0272. The number of unbranched alkanes of at least 4 members (excludes halogenated alkanes) is 20. The van der Waals surface area contributed by atoms with Gasteiger partial charge in [0, 0.05) is 12.8 Å². The second-order valence-corrected chi connectivity index (χ2v) is 15.9. The van der Waals surface area contributed by atoms with Gasteiger partial charge in [-0.3, -0.25) is 14.1 Å². The van der Waals surface area contributed by atoms with E-state index in [2.05, 4.69) is 79.1 Å². The molecule has 55 heavy (non-hydrogen) atoms. The first-order valence-corrected chi connectivity index (χ1v) is 23.6. The molecule has 0 saturated heterocycles. The van der Waals surface area contributed by atoms with Crippen molar-refractivity contribution in [2.24, 2.45) is 0 Å². The average molecular weight is 793 g/mol. The summed E-state index contributed by atoms with van der Waals surface area (Å²) in [4.78, 5) is 42.9. The number of phosphoric acid groups is 1. The molecule has 0 aliphatic heterocycles. The van der Waals surface area contributed by atoms with Crippen LogP contribution in [0.2, 0.25) is 0 Å². The van der Waals surface area contributed by atoms with Crippen LogP contribution in [0.25, 0.3) is 0 Å². The van der Waals surface area contributed by atoms with E-state index in [1.165, 1.54) is 77.0 Å². The van der Waals surface area contributed by atoms with Crippen LogP contribution in [0.5, 0.6) is 0 Å². The van der Waals surface area contributed by atoms with Gasteiger partial charge in [-0.1, -0.05) is 171 Å². The molecule has 0 rings (SSSR count). The molecule has 9 heteroatoms. The van der Waals surface area contributed by atoms with Gasteiger partial charge in [0.15, 0.2) is 6.10 Å². The maximum Gasteiger partial charge on any atom is 0.469 e. The fourth-order valence-electron chi connectivity index (χ4n) is 6.01. The monoisotopic (exact) mass is 793 g/mol. The maximum atomic E-state index is 12.4. The van der Waals surface area contributed by atoms with Crippen molar-refractivity contribution in [1.29, 1.82) is 0 Å². The molecule has 0 aromatic carbocycles. The number of hydrogen-bond donors (Lipinski definition) is 2. The van der Waals surface area contributed by atoms with Crippen LogP contribution in [-0.4, -0.2) is 41.0 Å². The first-order valence-electron chi connectivity index (χ1n) is 22.1. The van der Waals surface area contributed by atoms with Crippen molar-refractivity contribution in [3.8, 4) is 0 Å². The number of carbonyl (C=O) groups is 2. The van der Waals surface area contributed by atoms with Crippen LogP contribution in [0, 0.1) is 0 Å². The summed E-state index contributed by atoms with van der Waals surface area (Å²) in [5, 5.41) is 0. The van der Waals surface area contributed by atoms with Crippen molar-refractivity contribution in [2.45, 2.75) is 206 Å². The Morgan fingerprint density at radius 2 is 0.873 bits per heavy atom. The van der Waals surface area contributed by atoms with E-state index in [-0.39, 0.29) is 19.4 Å². The molecular weight excluding hydrogens is 711 g/mol. The molecule has 318 valence electrons. The fourth-order valence-corrected chi connectivity index (χ4v) is 6.37. The molecule has 0 spiro atoms. The Morgan fingerprint density at radius 3 is 1.33 bits per heavy atom. The van der Waals surface area contributed by atoms with E-state index < -0.39 is 32.5 Å². The number of ether oxygens (including phenoxy) is 2. The van der Waals surface area contributed by atoms with Gasteiger partial charge in [0.05, 0.1) is 6.61 Å². The second-order valence-electron chi connectivity index (χ2n) is 14.6. The van der Waals surface area contributed by atoms with Crippen LogP contribution in [-0.2, 0) is 28.2 Å². The summed E-state index contributed by atoms with van der Waals surface area (Å²) in [5.74, 6) is -0.904. The third-order valence-corrected chi connectivity index (χ3v) is 9.76. The standard InChI is InChI=1S/C46H81O8P/c1-3-5-7-9-11-13-15-17-19-21-22-23-24-25-27-29-31-33-35-37-39-41-46(48)54-44(43-53-55(49,50)51)42-52-45(47)40-38-36-34-32-30-28-26-20-18-16-14-12-10-8-6-4-2/h5,7,11,13,17,19-20,22-23,26,44H,3-4,6,8-10,12,14-16,18,21,24-25,27-43H2,1-2H3,(H2,49,50,51)/b7-5-,13-11-,19-17-,23-22-,26-20-. The number of phosphoric ester groups is 1. The topological polar surface area (TPSA) is 119 Å². The van der Waals surface area contributed by atoms with Gasteiger partial charge in [-0.05, 0) is 77.0 Å². The van der Waals surface area contributed by atoms with Gasteiger partial charge < -0.3 is 19.3 Å². The molecule has 0 amide bonds. The minimum absolute atomic E-state index is 0.199. The lowest BCUT2D eigenvalue weighted by Crippen LogP contribution is -2.29. The van der Waals surface area contributed by atoms with Crippen LogP contribution >= 0.6 is 7.82 Å². The highest BCUT2D eigenvalue weighted by Gasteiger charge is 2.22. The Bertz CT molecular complexity index is 1070. The largest absolute Gasteiger partial charge is 0.469 e. The third kappa shape index (κ3) is 44.3. The molecule has 8 nitrogen and oxygen atoms in total. The summed E-state index contributed by atoms with van der Waals surface area (Å²) in [6, 6.07) is 0. The van der Waals surface area contributed by atoms with E-state index >= 15 is 0 Å². The zero-order chi connectivity index (χ0) is 40.3. The molecule has 1 atom stereocenters. The minimum Gasteiger partial charge on any atom is -0.462 e. The number of rotatable bonds is 40. The Hall–Kier alpha value is -2.25. The van der Waals surface area contributed by atoms with Crippen LogP contribution in [0.4, 0.5) is 0 Å². The number of carbonyl (C=O) groups excluding carboxylic acids is 2. The zero-order valence-electron chi connectivity index (χ0n) is 35.1. The maximum absolute atomic E-state index is 12.4. The molecule has 0 bridgehead atoms. The smallest absolute Gasteiger partial charge is 0.462 e. The third-order valence-electron chi connectivity index (χ3n) is 9.27. The van der Waals surface area contributed by atoms with E-state index in [1.54, 1.807) is 0 Å². The minimum atomic E-state index is -4.76. The highest BCUT2D eigenvalue weighted by molar-refractivity contribution is 7.46. The summed E-state index contributed by atoms with van der Waals surface area (Å²) in [6.45, 7) is 3.56. The predicted octanol–water partition coefficient (Wildman–Crippen LogP) is 13.7. The van der Waals surface area contributed by atoms with Crippen LogP contribution in [0.15, 0.2) is 60.8 Å². The Kier molecular flexibility index (Phi) is 39.7. The van der Waals surface area contributed by atoms with Crippen molar-refractivity contribution >= 4 is 19.8 Å². The number of allylic oxidation sites excluding steroid dienone is 10. The van der Waals surface area contributed by atoms with Crippen LogP contribution in [0.1, 0.15) is 200 Å². The van der Waals surface area contributed by atoms with E-state index in [9.17, 15) is 14.2 Å². The van der Waals surface area contributed by atoms with E-state index in [0.29, 0.717) is 12.8 Å². The van der Waals surface area contributed by atoms with Gasteiger partial charge >= 0.3 is 19.8 Å². The van der Waals surface area contributed by atoms with Crippen molar-refractivity contribution < 1.29 is 37.9 Å². The lowest BCUT2D eigenvalue weighted by atomic mass is 10.1. The number of esters is 2. The van der Waals surface area contributed by atoms with Crippen LogP contribution < -0.4 is 0 Å². The molecule has 0 aromatic heterocycles. The second kappa shape index (κ2) is 41.4. The molecule has 0 heterocycles. The molecule has 0 radical (unpaired) electrons. The predicted molar refractivity (Wildman–Crippen MR) is 230 cm³/mol. The van der Waals surface area contributed by atoms with Crippen molar-refractivity contribution in [2.75, 3.05) is 13.2 Å². The SMILES string of the molecule is CC/C=C\C/C=C\C/C=C\C/C=C\CCCCCCCCCCC(=O)OC(COC(=O)CCCCCCC/C=C\CCCCCCCCC)COP(=O)(O)O. The van der Waals surface area contributed by atoms with E-state index in [1.807, 2.05) is 0 Å².